The molecule has 154 valence electrons. The Morgan fingerprint density at radius 1 is 0.857 bits per heavy atom. The van der Waals surface area contributed by atoms with Crippen LogP contribution in [0.25, 0.3) is 0 Å². The molecule has 0 amide bonds. The molecular weight excluding hydrogens is 357 g/mol. The predicted molar refractivity (Wildman–Crippen MR) is 110 cm³/mol. The van der Waals surface area contributed by atoms with E-state index >= 15 is 0 Å². The van der Waals surface area contributed by atoms with Gasteiger partial charge in [-0.1, -0.05) is 49.8 Å². The third-order valence-corrected chi connectivity index (χ3v) is 7.05. The van der Waals surface area contributed by atoms with Gasteiger partial charge in [-0.25, -0.2) is 0 Å². The third-order valence-electron chi connectivity index (χ3n) is 7.05. The largest absolute Gasteiger partial charge is 0.416 e. The normalized spacial score (nSPS) is 29.1. The molecule has 0 saturated heterocycles. The number of hydrogen-bond donors (Lipinski definition) is 0. The molecule has 0 nitrogen and oxygen atoms in total. The second-order valence-electron chi connectivity index (χ2n) is 8.75. The second kappa shape index (κ2) is 9.80. The smallest absolute Gasteiger partial charge is 0.166 e. The van der Waals surface area contributed by atoms with Crippen molar-refractivity contribution in [1.29, 1.82) is 0 Å². The van der Waals surface area contributed by atoms with E-state index < -0.39 is 11.7 Å². The number of rotatable bonds is 6. The van der Waals surface area contributed by atoms with Crippen LogP contribution in [-0.2, 0) is 6.18 Å². The molecular formula is C25H33F3. The fourth-order valence-electron chi connectivity index (χ4n) is 5.34. The van der Waals surface area contributed by atoms with Crippen LogP contribution in [0, 0.1) is 17.8 Å². The number of halogens is 3. The summed E-state index contributed by atoms with van der Waals surface area (Å²) < 4.78 is 38.2. The summed E-state index contributed by atoms with van der Waals surface area (Å²) in [5, 5.41) is 0. The molecule has 2 aliphatic carbocycles. The lowest BCUT2D eigenvalue weighted by atomic mass is 9.68. The number of alkyl halides is 3. The van der Waals surface area contributed by atoms with E-state index in [2.05, 4.69) is 12.7 Å². The van der Waals surface area contributed by atoms with Crippen molar-refractivity contribution in [2.24, 2.45) is 17.8 Å². The average molecular weight is 391 g/mol. The molecule has 0 spiro atoms. The second-order valence-corrected chi connectivity index (χ2v) is 8.75. The van der Waals surface area contributed by atoms with Crippen LogP contribution in [0.5, 0.6) is 0 Å². The maximum Gasteiger partial charge on any atom is 0.416 e. The lowest BCUT2D eigenvalue weighted by molar-refractivity contribution is -0.137. The Morgan fingerprint density at radius 3 is 1.96 bits per heavy atom. The summed E-state index contributed by atoms with van der Waals surface area (Å²) >= 11 is 0. The van der Waals surface area contributed by atoms with Gasteiger partial charge in [0.2, 0.25) is 0 Å². The van der Waals surface area contributed by atoms with Crippen LogP contribution in [0.1, 0.15) is 81.3 Å². The molecule has 0 unspecified atom stereocenters. The van der Waals surface area contributed by atoms with Crippen molar-refractivity contribution in [3.05, 3.63) is 60.2 Å². The molecule has 0 aromatic heterocycles. The van der Waals surface area contributed by atoms with Crippen LogP contribution in [-0.4, -0.2) is 0 Å². The lowest BCUT2D eigenvalue weighted by Crippen LogP contribution is -2.25. The van der Waals surface area contributed by atoms with Gasteiger partial charge in [-0.2, -0.15) is 13.2 Å². The molecule has 0 radical (unpaired) electrons. The Hall–Kier alpha value is -1.51. The van der Waals surface area contributed by atoms with Crippen molar-refractivity contribution in [3.8, 4) is 0 Å². The van der Waals surface area contributed by atoms with Crippen molar-refractivity contribution < 1.29 is 13.2 Å². The zero-order valence-corrected chi connectivity index (χ0v) is 16.8. The van der Waals surface area contributed by atoms with E-state index in [1.807, 2.05) is 12.2 Å². The van der Waals surface area contributed by atoms with Gasteiger partial charge in [-0.15, -0.1) is 0 Å². The minimum atomic E-state index is -4.24. The summed E-state index contributed by atoms with van der Waals surface area (Å²) in [6.07, 6.45) is 14.5. The zero-order valence-electron chi connectivity index (χ0n) is 16.8. The number of benzene rings is 1. The highest BCUT2D eigenvalue weighted by Crippen LogP contribution is 2.44. The summed E-state index contributed by atoms with van der Waals surface area (Å²) in [5.74, 6) is 3.02. The summed E-state index contributed by atoms with van der Waals surface area (Å²) in [6.45, 7) is 3.71. The maximum absolute atomic E-state index is 12.7. The fraction of sp³-hybridized carbons (Fsp3) is 0.600. The third kappa shape index (κ3) is 5.75. The molecule has 0 bridgehead atoms. The summed E-state index contributed by atoms with van der Waals surface area (Å²) in [7, 11) is 0. The van der Waals surface area contributed by atoms with E-state index in [0.717, 1.165) is 36.2 Å². The van der Waals surface area contributed by atoms with Crippen LogP contribution >= 0.6 is 0 Å². The lowest BCUT2D eigenvalue weighted by Gasteiger charge is -2.38. The van der Waals surface area contributed by atoms with E-state index in [1.54, 1.807) is 12.1 Å². The minimum Gasteiger partial charge on any atom is -0.166 e. The van der Waals surface area contributed by atoms with Gasteiger partial charge in [0.05, 0.1) is 5.56 Å². The van der Waals surface area contributed by atoms with Crippen molar-refractivity contribution in [2.75, 3.05) is 0 Å². The molecule has 0 atom stereocenters. The standard InChI is InChI=1S/C25H33F3/c1-2-3-4-5-6-19-7-9-20(10-8-19)21-11-13-22(14-12-21)23-15-17-24(18-16-23)25(26,27)28/h2-4,15-22H,1,5-14H2. The van der Waals surface area contributed by atoms with Gasteiger partial charge in [0.25, 0.3) is 0 Å². The Morgan fingerprint density at radius 2 is 1.43 bits per heavy atom. The van der Waals surface area contributed by atoms with Crippen molar-refractivity contribution >= 4 is 0 Å². The highest BCUT2D eigenvalue weighted by atomic mass is 19.4. The molecule has 1 aromatic carbocycles. The molecule has 2 aliphatic rings. The molecule has 3 heteroatoms. The minimum absolute atomic E-state index is 0.437. The Balaban J connectivity index is 1.42. The van der Waals surface area contributed by atoms with E-state index in [4.69, 9.17) is 0 Å². The van der Waals surface area contributed by atoms with Crippen LogP contribution in [0.4, 0.5) is 13.2 Å². The van der Waals surface area contributed by atoms with Gasteiger partial charge in [0.15, 0.2) is 0 Å². The van der Waals surface area contributed by atoms with E-state index in [9.17, 15) is 13.2 Å². The SMILES string of the molecule is C=CC=CCCC1CCC(C2CCC(c3ccc(C(F)(F)F)cc3)CC2)CC1. The molecule has 28 heavy (non-hydrogen) atoms. The maximum atomic E-state index is 12.7. The average Bonchev–Trinajstić information content (AvgIpc) is 2.71. The Labute approximate surface area is 167 Å². The molecule has 0 aliphatic heterocycles. The molecule has 2 fully saturated rings. The first kappa shape index (κ1) is 21.2. The highest BCUT2D eigenvalue weighted by Gasteiger charge is 2.32. The van der Waals surface area contributed by atoms with Crippen LogP contribution in [0.3, 0.4) is 0 Å². The van der Waals surface area contributed by atoms with Crippen LogP contribution in [0.15, 0.2) is 49.1 Å². The first-order valence-corrected chi connectivity index (χ1v) is 10.9. The van der Waals surface area contributed by atoms with Crippen LogP contribution < -0.4 is 0 Å². The summed E-state index contributed by atoms with van der Waals surface area (Å²) in [5.41, 5.74) is 0.546. The van der Waals surface area contributed by atoms with Gasteiger partial charge in [0, 0.05) is 0 Å². The van der Waals surface area contributed by atoms with Crippen molar-refractivity contribution in [2.45, 2.75) is 76.3 Å². The molecule has 1 aromatic rings. The van der Waals surface area contributed by atoms with E-state index in [-0.39, 0.29) is 0 Å². The van der Waals surface area contributed by atoms with Gasteiger partial charge in [0.1, 0.15) is 0 Å². The first-order chi connectivity index (χ1) is 13.5. The van der Waals surface area contributed by atoms with E-state index in [1.165, 1.54) is 63.5 Å². The number of hydrogen-bond acceptors (Lipinski definition) is 0. The molecule has 0 heterocycles. The van der Waals surface area contributed by atoms with Crippen molar-refractivity contribution in [1.82, 2.24) is 0 Å². The number of allylic oxidation sites excluding steroid dienone is 3. The summed E-state index contributed by atoms with van der Waals surface area (Å²) in [6, 6.07) is 5.87. The molecule has 3 rings (SSSR count). The van der Waals surface area contributed by atoms with Gasteiger partial charge in [-0.05, 0) is 92.7 Å². The van der Waals surface area contributed by atoms with Gasteiger partial charge < -0.3 is 0 Å². The van der Waals surface area contributed by atoms with Gasteiger partial charge in [-0.3, -0.25) is 0 Å². The molecule has 0 N–H and O–H groups in total. The highest BCUT2D eigenvalue weighted by molar-refractivity contribution is 5.27. The Kier molecular flexibility index (Phi) is 7.42. The predicted octanol–water partition coefficient (Wildman–Crippen LogP) is 8.31. The van der Waals surface area contributed by atoms with Crippen molar-refractivity contribution in [3.63, 3.8) is 0 Å². The zero-order chi connectivity index (χ0) is 20.0. The van der Waals surface area contributed by atoms with E-state index in [0.29, 0.717) is 5.92 Å². The Bertz CT molecular complexity index is 625. The van der Waals surface area contributed by atoms with Gasteiger partial charge >= 0.3 is 6.18 Å². The quantitative estimate of drug-likeness (QED) is 0.428. The summed E-state index contributed by atoms with van der Waals surface area (Å²) in [4.78, 5) is 0. The first-order valence-electron chi connectivity index (χ1n) is 10.9. The molecule has 2 saturated carbocycles. The fourth-order valence-corrected chi connectivity index (χ4v) is 5.34. The topological polar surface area (TPSA) is 0 Å². The van der Waals surface area contributed by atoms with Crippen LogP contribution in [0.2, 0.25) is 0 Å². The monoisotopic (exact) mass is 390 g/mol.